The van der Waals surface area contributed by atoms with Gasteiger partial charge in [0.25, 0.3) is 0 Å². The standard InChI is InChI=1S/C86H106O7/c1-57(21-18-24-58-22-8-4-9-23-58)36-47-84(90)50-49-79(2)55-71(93-78(89)61-26-19-31-66(52-61)81(41-15-7-16-42-81)63-27-10-5-11-28-63)77-80(3,44-40-72(87)86(77,84)85(79,91)48-37-59-51-73(88)92-56-59)65-39-46-82-45-38-62-54-83(64-29-12-6-13-30-64)43-17-14-33-69(83)68-35-34-60-25-20-32-67(70(82)53-65)74(60)75(68)76(62)82/h4-6,8-13,20,22-23,25,27-30,32,34-35,49-51,57,61-62,65-66,69-72,76-77,87,90-91H,7,14-19,21,24,26,31,33,36-48,52-56H2,1-3H3. The van der Waals surface area contributed by atoms with Crippen molar-refractivity contribution >= 4 is 22.7 Å². The van der Waals surface area contributed by atoms with E-state index in [4.69, 9.17) is 9.47 Å². The van der Waals surface area contributed by atoms with Gasteiger partial charge in [0.2, 0.25) is 0 Å². The highest BCUT2D eigenvalue weighted by Gasteiger charge is 2.82. The summed E-state index contributed by atoms with van der Waals surface area (Å²) in [7, 11) is 0. The van der Waals surface area contributed by atoms with Gasteiger partial charge in [-0.3, -0.25) is 4.79 Å². The van der Waals surface area contributed by atoms with Crippen LogP contribution in [-0.4, -0.2) is 57.3 Å². The molecular formula is C86H106O7. The van der Waals surface area contributed by atoms with Crippen molar-refractivity contribution in [2.75, 3.05) is 6.61 Å². The fourth-order valence-corrected chi connectivity index (χ4v) is 25.7. The lowest BCUT2D eigenvalue weighted by atomic mass is 9.31. The minimum absolute atomic E-state index is 0.0340. The molecule has 2 spiro atoms. The maximum Gasteiger partial charge on any atom is 0.331 e. The molecule has 0 amide bonds. The second-order valence-electron chi connectivity index (χ2n) is 33.8. The molecule has 0 radical (unpaired) electrons. The number of aliphatic hydroxyl groups is 3. The molecule has 5 aromatic carbocycles. The first kappa shape index (κ1) is 62.5. The number of aliphatic hydroxyl groups excluding tert-OH is 1. The minimum atomic E-state index is -1.67. The van der Waals surface area contributed by atoms with Crippen LogP contribution in [0.15, 0.2) is 145 Å². The summed E-state index contributed by atoms with van der Waals surface area (Å²) < 4.78 is 13.2. The van der Waals surface area contributed by atoms with E-state index in [1.807, 2.05) is 0 Å². The molecule has 1 aliphatic heterocycles. The van der Waals surface area contributed by atoms with E-state index in [0.717, 1.165) is 82.6 Å². The Balaban J connectivity index is 0.812. The molecule has 18 atom stereocenters. The Morgan fingerprint density at radius 1 is 0.645 bits per heavy atom. The Morgan fingerprint density at radius 3 is 2.14 bits per heavy atom. The SMILES string of the molecule is CC(CCCc1ccccc1)CCC1(O)C=CC2(C)CC(OC(=O)C3CCCC(C4(c5ccccc5)CCCCC4)C3)C3C(C)(C4CCC56CCC7CC8(c9ccccc9)CCCCC8c8ccc9cccc(c9c8C75)C6C4)CCC(O)C31C2(O)CCC1=CC(=O)OC1. The first-order chi connectivity index (χ1) is 45.1. The van der Waals surface area contributed by atoms with Crippen LogP contribution in [0.1, 0.15) is 252 Å². The monoisotopic (exact) mass is 1250 g/mol. The zero-order valence-electron chi connectivity index (χ0n) is 56.3. The highest BCUT2D eigenvalue weighted by Crippen LogP contribution is 2.79. The van der Waals surface area contributed by atoms with Crippen molar-refractivity contribution in [3.8, 4) is 0 Å². The molecule has 7 heteroatoms. The van der Waals surface area contributed by atoms with Gasteiger partial charge in [0, 0.05) is 22.8 Å². The van der Waals surface area contributed by atoms with E-state index in [1.54, 1.807) is 28.2 Å². The molecule has 2 bridgehead atoms. The first-order valence-corrected chi connectivity index (χ1v) is 37.7. The lowest BCUT2D eigenvalue weighted by molar-refractivity contribution is -0.363. The minimum Gasteiger partial charge on any atom is -0.462 e. The Kier molecular flexibility index (Phi) is 15.9. The van der Waals surface area contributed by atoms with Crippen LogP contribution in [0.25, 0.3) is 10.8 Å². The van der Waals surface area contributed by atoms with Gasteiger partial charge in [-0.25, -0.2) is 4.79 Å². The average Bonchev–Trinajstić information content (AvgIpc) is 0.703. The van der Waals surface area contributed by atoms with Crippen LogP contribution in [0, 0.1) is 57.2 Å². The summed E-state index contributed by atoms with van der Waals surface area (Å²) in [5.74, 6) is 1.29. The smallest absolute Gasteiger partial charge is 0.331 e. The van der Waals surface area contributed by atoms with Gasteiger partial charge in [0.05, 0.1) is 28.6 Å². The molecule has 7 fully saturated rings. The third-order valence-electron chi connectivity index (χ3n) is 29.9. The Hall–Kier alpha value is -5.34. The Bertz CT molecular complexity index is 3660. The molecule has 16 rings (SSSR count). The van der Waals surface area contributed by atoms with Crippen LogP contribution in [-0.2, 0) is 36.3 Å². The van der Waals surface area contributed by atoms with Gasteiger partial charge in [0.1, 0.15) is 12.7 Å². The van der Waals surface area contributed by atoms with Crippen LogP contribution in [0.2, 0.25) is 0 Å². The molecule has 5 aromatic rings. The number of esters is 2. The van der Waals surface area contributed by atoms with Crippen molar-refractivity contribution in [2.24, 2.45) is 57.2 Å². The van der Waals surface area contributed by atoms with Gasteiger partial charge in [0.15, 0.2) is 0 Å². The molecule has 93 heavy (non-hydrogen) atoms. The van der Waals surface area contributed by atoms with Gasteiger partial charge in [-0.1, -0.05) is 199 Å². The van der Waals surface area contributed by atoms with Crippen molar-refractivity contribution in [2.45, 2.75) is 259 Å². The summed E-state index contributed by atoms with van der Waals surface area (Å²) in [6.07, 6.45) is 31.7. The number of ether oxygens (including phenoxy) is 2. The Labute approximate surface area is 555 Å². The molecule has 18 unspecified atom stereocenters. The van der Waals surface area contributed by atoms with Crippen LogP contribution in [0.3, 0.4) is 0 Å². The van der Waals surface area contributed by atoms with Crippen molar-refractivity contribution < 1.29 is 34.4 Å². The van der Waals surface area contributed by atoms with Crippen LogP contribution in [0.4, 0.5) is 0 Å². The Morgan fingerprint density at radius 2 is 1.38 bits per heavy atom. The van der Waals surface area contributed by atoms with E-state index in [2.05, 4.69) is 154 Å². The van der Waals surface area contributed by atoms with Gasteiger partial charge in [-0.2, -0.15) is 0 Å². The highest BCUT2D eigenvalue weighted by atomic mass is 16.5. The van der Waals surface area contributed by atoms with Gasteiger partial charge >= 0.3 is 11.9 Å². The maximum atomic E-state index is 16.1. The number of benzene rings is 5. The van der Waals surface area contributed by atoms with E-state index in [0.29, 0.717) is 68.1 Å². The number of hydrogen-bond donors (Lipinski definition) is 3. The molecule has 0 saturated heterocycles. The highest BCUT2D eigenvalue weighted by molar-refractivity contribution is 5.93. The first-order valence-electron chi connectivity index (χ1n) is 37.7. The summed E-state index contributed by atoms with van der Waals surface area (Å²) in [5.41, 5.74) is 3.80. The normalized spacial score (nSPS) is 39.8. The molecule has 11 aliphatic rings. The van der Waals surface area contributed by atoms with Crippen molar-refractivity contribution in [3.05, 3.63) is 179 Å². The molecule has 1 heterocycles. The van der Waals surface area contributed by atoms with Crippen molar-refractivity contribution in [1.82, 2.24) is 0 Å². The van der Waals surface area contributed by atoms with Crippen molar-refractivity contribution in [3.63, 3.8) is 0 Å². The average molecular weight is 1250 g/mol. The second-order valence-corrected chi connectivity index (χ2v) is 33.8. The summed E-state index contributed by atoms with van der Waals surface area (Å²) in [5, 5.41) is 46.8. The van der Waals surface area contributed by atoms with Crippen molar-refractivity contribution in [1.29, 1.82) is 0 Å². The van der Waals surface area contributed by atoms with E-state index < -0.39 is 45.6 Å². The quantitative estimate of drug-likeness (QED) is 0.0666. The zero-order valence-corrected chi connectivity index (χ0v) is 56.3. The van der Waals surface area contributed by atoms with Gasteiger partial charge in [-0.05, 0) is 249 Å². The third kappa shape index (κ3) is 9.58. The number of cyclic esters (lactones) is 1. The summed E-state index contributed by atoms with van der Waals surface area (Å²) in [4.78, 5) is 29.0. The number of hydrogen-bond acceptors (Lipinski definition) is 7. The molecule has 0 aromatic heterocycles. The summed E-state index contributed by atoms with van der Waals surface area (Å²) in [6, 6.07) is 46.1. The van der Waals surface area contributed by atoms with E-state index in [-0.39, 0.29) is 59.0 Å². The fraction of sp³-hybridized carbons (Fsp3) is 0.605. The van der Waals surface area contributed by atoms with Gasteiger partial charge < -0.3 is 24.8 Å². The predicted molar refractivity (Wildman–Crippen MR) is 369 cm³/mol. The summed E-state index contributed by atoms with van der Waals surface area (Å²) >= 11 is 0. The molecule has 3 N–H and O–H groups in total. The predicted octanol–water partition coefficient (Wildman–Crippen LogP) is 18.7. The molecule has 492 valence electrons. The third-order valence-corrected chi connectivity index (χ3v) is 29.9. The van der Waals surface area contributed by atoms with E-state index >= 15 is 9.90 Å². The molecule has 10 aliphatic carbocycles. The maximum absolute atomic E-state index is 16.1. The van der Waals surface area contributed by atoms with E-state index in [1.165, 1.54) is 86.3 Å². The largest absolute Gasteiger partial charge is 0.462 e. The number of rotatable bonds is 16. The van der Waals surface area contributed by atoms with Gasteiger partial charge in [-0.15, -0.1) is 0 Å². The zero-order chi connectivity index (χ0) is 63.6. The lowest BCUT2D eigenvalue weighted by Crippen LogP contribution is -2.83. The lowest BCUT2D eigenvalue weighted by Gasteiger charge is -2.76. The topological polar surface area (TPSA) is 113 Å². The number of fused-ring (bicyclic) bond motifs is 4. The van der Waals surface area contributed by atoms with E-state index in [9.17, 15) is 15.0 Å². The summed E-state index contributed by atoms with van der Waals surface area (Å²) in [6.45, 7) is 7.14. The molecule has 7 nitrogen and oxygen atoms in total. The van der Waals surface area contributed by atoms with Crippen LogP contribution >= 0.6 is 0 Å². The second kappa shape index (κ2) is 23.7. The molecular weight excluding hydrogens is 1140 g/mol. The van der Waals surface area contributed by atoms with Crippen LogP contribution < -0.4 is 0 Å². The number of aryl methyl sites for hydroxylation is 1. The van der Waals surface area contributed by atoms with Crippen LogP contribution in [0.5, 0.6) is 0 Å². The number of carbonyl (C=O) groups excluding carboxylic acids is 2. The molecule has 7 saturated carbocycles. The fourth-order valence-electron chi connectivity index (χ4n) is 25.7. The number of carbonyl (C=O) groups is 2.